The highest BCUT2D eigenvalue weighted by Gasteiger charge is 2.33. The van der Waals surface area contributed by atoms with Crippen LogP contribution in [0.2, 0.25) is 0 Å². The van der Waals surface area contributed by atoms with Crippen LogP contribution in [0.3, 0.4) is 0 Å². The molecule has 0 saturated carbocycles. The minimum atomic E-state index is -0.964. The van der Waals surface area contributed by atoms with Gasteiger partial charge >= 0.3 is 5.97 Å². The number of aliphatic carboxylic acids is 1. The molecule has 0 saturated heterocycles. The molecule has 0 unspecified atom stereocenters. The lowest BCUT2D eigenvalue weighted by molar-refractivity contribution is -0.146. The van der Waals surface area contributed by atoms with Gasteiger partial charge in [-0.25, -0.2) is 0 Å². The Bertz CT molecular complexity index is 664. The van der Waals surface area contributed by atoms with E-state index in [-0.39, 0.29) is 11.8 Å². The highest BCUT2D eigenvalue weighted by atomic mass is 16.4. The van der Waals surface area contributed by atoms with Crippen LogP contribution in [0, 0.1) is 11.8 Å². The highest BCUT2D eigenvalue weighted by molar-refractivity contribution is 5.97. The summed E-state index contributed by atoms with van der Waals surface area (Å²) in [4.78, 5) is 35.4. The fourth-order valence-corrected chi connectivity index (χ4v) is 2.58. The monoisotopic (exact) mass is 328 g/mol. The first kappa shape index (κ1) is 17.5. The molecule has 1 aromatic rings. The van der Waals surface area contributed by atoms with Gasteiger partial charge in [-0.15, -0.1) is 6.58 Å². The number of benzene rings is 1. The lowest BCUT2D eigenvalue weighted by Gasteiger charge is -2.24. The molecule has 0 aromatic heterocycles. The number of hydrogen-bond acceptors (Lipinski definition) is 3. The van der Waals surface area contributed by atoms with Gasteiger partial charge in [-0.2, -0.15) is 0 Å². The second-order valence-corrected chi connectivity index (χ2v) is 5.56. The summed E-state index contributed by atoms with van der Waals surface area (Å²) in [6.45, 7) is 3.91. The summed E-state index contributed by atoms with van der Waals surface area (Å²) < 4.78 is 0. The Hall–Kier alpha value is -2.89. The number of carboxylic acid groups (broad SMARTS) is 1. The zero-order valence-electron chi connectivity index (χ0n) is 13.2. The summed E-state index contributed by atoms with van der Waals surface area (Å²) in [6, 6.07) is 6.44. The second kappa shape index (κ2) is 8.10. The van der Waals surface area contributed by atoms with Crippen molar-refractivity contribution in [2.45, 2.75) is 12.8 Å². The van der Waals surface area contributed by atoms with Crippen molar-refractivity contribution in [3.63, 3.8) is 0 Å². The van der Waals surface area contributed by atoms with Crippen molar-refractivity contribution in [2.24, 2.45) is 11.8 Å². The Morgan fingerprint density at radius 2 is 1.75 bits per heavy atom. The zero-order chi connectivity index (χ0) is 17.5. The van der Waals surface area contributed by atoms with Crippen molar-refractivity contribution < 1.29 is 19.5 Å². The number of nitrogens with one attached hydrogen (secondary N) is 2. The molecule has 0 fully saturated rings. The molecule has 126 valence electrons. The molecule has 6 nitrogen and oxygen atoms in total. The Balaban J connectivity index is 2.01. The van der Waals surface area contributed by atoms with Crippen LogP contribution in [0.15, 0.2) is 49.1 Å². The van der Waals surface area contributed by atoms with E-state index in [1.165, 1.54) is 0 Å². The maximum atomic E-state index is 12.3. The van der Waals surface area contributed by atoms with E-state index in [0.717, 1.165) is 0 Å². The minimum absolute atomic E-state index is 0.226. The third kappa shape index (κ3) is 4.32. The molecule has 0 radical (unpaired) electrons. The summed E-state index contributed by atoms with van der Waals surface area (Å²) in [5.41, 5.74) is 0.998. The van der Waals surface area contributed by atoms with Gasteiger partial charge in [0, 0.05) is 17.8 Å². The molecule has 1 aliphatic rings. The third-order valence-corrected chi connectivity index (χ3v) is 3.91. The van der Waals surface area contributed by atoms with Crippen molar-refractivity contribution in [3.05, 3.63) is 54.6 Å². The number of carbonyl (C=O) groups excluding carboxylic acids is 2. The SMILES string of the molecule is C=CCNC(=O)c1ccc(NC(=O)[C@H]2CC=CC[C@H]2C(=O)O)cc1. The van der Waals surface area contributed by atoms with Gasteiger partial charge < -0.3 is 15.7 Å². The summed E-state index contributed by atoms with van der Waals surface area (Å²) in [6.07, 6.45) is 5.97. The molecule has 0 heterocycles. The lowest BCUT2D eigenvalue weighted by atomic mass is 9.82. The molecule has 0 bridgehead atoms. The molecule has 0 aliphatic heterocycles. The first-order valence-electron chi connectivity index (χ1n) is 7.70. The van der Waals surface area contributed by atoms with Crippen LogP contribution in [0.1, 0.15) is 23.2 Å². The molecule has 1 aromatic carbocycles. The third-order valence-electron chi connectivity index (χ3n) is 3.91. The number of carboxylic acids is 1. The van der Waals surface area contributed by atoms with E-state index in [0.29, 0.717) is 30.6 Å². The fourth-order valence-electron chi connectivity index (χ4n) is 2.58. The van der Waals surface area contributed by atoms with Gasteiger partial charge in [-0.05, 0) is 37.1 Å². The average Bonchev–Trinajstić information content (AvgIpc) is 2.60. The predicted octanol–water partition coefficient (Wildman–Crippen LogP) is 2.21. The molecule has 24 heavy (non-hydrogen) atoms. The van der Waals surface area contributed by atoms with Gasteiger partial charge in [0.05, 0.1) is 11.8 Å². The Morgan fingerprint density at radius 3 is 2.33 bits per heavy atom. The molecule has 1 aliphatic carbocycles. The topological polar surface area (TPSA) is 95.5 Å². The van der Waals surface area contributed by atoms with E-state index >= 15 is 0 Å². The maximum Gasteiger partial charge on any atom is 0.307 e. The number of rotatable bonds is 6. The normalized spacial score (nSPS) is 19.3. The van der Waals surface area contributed by atoms with Crippen molar-refractivity contribution in [1.29, 1.82) is 0 Å². The van der Waals surface area contributed by atoms with Gasteiger partial charge in [-0.3, -0.25) is 14.4 Å². The first-order chi connectivity index (χ1) is 11.5. The zero-order valence-corrected chi connectivity index (χ0v) is 13.2. The predicted molar refractivity (Wildman–Crippen MR) is 90.6 cm³/mol. The van der Waals surface area contributed by atoms with Crippen molar-refractivity contribution in [3.8, 4) is 0 Å². The highest BCUT2D eigenvalue weighted by Crippen LogP contribution is 2.27. The van der Waals surface area contributed by atoms with E-state index in [1.54, 1.807) is 36.4 Å². The van der Waals surface area contributed by atoms with Crippen LogP contribution >= 0.6 is 0 Å². The van der Waals surface area contributed by atoms with E-state index < -0.39 is 17.8 Å². The van der Waals surface area contributed by atoms with Gasteiger partial charge in [-0.1, -0.05) is 18.2 Å². The quantitative estimate of drug-likeness (QED) is 0.698. The van der Waals surface area contributed by atoms with E-state index in [9.17, 15) is 19.5 Å². The van der Waals surface area contributed by atoms with Crippen LogP contribution in [-0.2, 0) is 9.59 Å². The van der Waals surface area contributed by atoms with Gasteiger partial charge in [0.2, 0.25) is 5.91 Å². The molecule has 2 atom stereocenters. The number of anilines is 1. The molecule has 0 spiro atoms. The summed E-state index contributed by atoms with van der Waals surface area (Å²) in [5.74, 6) is -2.82. The number of hydrogen-bond donors (Lipinski definition) is 3. The molecular formula is C18H20N2O4. The molecule has 2 amide bonds. The van der Waals surface area contributed by atoms with Crippen LogP contribution in [0.4, 0.5) is 5.69 Å². The van der Waals surface area contributed by atoms with Crippen LogP contribution < -0.4 is 10.6 Å². The Kier molecular flexibility index (Phi) is 5.89. The van der Waals surface area contributed by atoms with Crippen LogP contribution in [-0.4, -0.2) is 29.4 Å². The molecular weight excluding hydrogens is 308 g/mol. The van der Waals surface area contributed by atoms with Crippen molar-refractivity contribution in [1.82, 2.24) is 5.32 Å². The van der Waals surface area contributed by atoms with Gasteiger partial charge in [0.15, 0.2) is 0 Å². The fraction of sp³-hybridized carbons (Fsp3) is 0.278. The van der Waals surface area contributed by atoms with Crippen molar-refractivity contribution in [2.75, 3.05) is 11.9 Å². The lowest BCUT2D eigenvalue weighted by Crippen LogP contribution is -2.34. The minimum Gasteiger partial charge on any atom is -0.481 e. The Morgan fingerprint density at radius 1 is 1.12 bits per heavy atom. The average molecular weight is 328 g/mol. The second-order valence-electron chi connectivity index (χ2n) is 5.56. The van der Waals surface area contributed by atoms with E-state index in [1.807, 2.05) is 6.08 Å². The standard InChI is InChI=1S/C18H20N2O4/c1-2-11-19-16(21)12-7-9-13(10-8-12)20-17(22)14-5-3-4-6-15(14)18(23)24/h2-4,7-10,14-15H,1,5-6,11H2,(H,19,21)(H,20,22)(H,23,24)/t14-,15+/m0/s1. The van der Waals surface area contributed by atoms with E-state index in [4.69, 9.17) is 0 Å². The molecule has 6 heteroatoms. The summed E-state index contributed by atoms with van der Waals surface area (Å²) >= 11 is 0. The van der Waals surface area contributed by atoms with Gasteiger partial charge in [0.1, 0.15) is 0 Å². The molecule has 3 N–H and O–H groups in total. The van der Waals surface area contributed by atoms with Crippen molar-refractivity contribution >= 4 is 23.5 Å². The van der Waals surface area contributed by atoms with Crippen LogP contribution in [0.25, 0.3) is 0 Å². The largest absolute Gasteiger partial charge is 0.481 e. The van der Waals surface area contributed by atoms with Crippen LogP contribution in [0.5, 0.6) is 0 Å². The Labute approximate surface area is 140 Å². The maximum absolute atomic E-state index is 12.3. The smallest absolute Gasteiger partial charge is 0.307 e. The summed E-state index contributed by atoms with van der Waals surface area (Å²) in [7, 11) is 0. The molecule has 2 rings (SSSR count). The number of carbonyl (C=O) groups is 3. The number of amides is 2. The first-order valence-corrected chi connectivity index (χ1v) is 7.70. The summed E-state index contributed by atoms with van der Waals surface area (Å²) in [5, 5.41) is 14.6. The van der Waals surface area contributed by atoms with E-state index in [2.05, 4.69) is 17.2 Å². The van der Waals surface area contributed by atoms with Gasteiger partial charge in [0.25, 0.3) is 5.91 Å². The number of allylic oxidation sites excluding steroid dienone is 2.